The lowest BCUT2D eigenvalue weighted by Gasteiger charge is -2.04. The van der Waals surface area contributed by atoms with Crippen LogP contribution in [0.3, 0.4) is 0 Å². The number of benzene rings is 2. The molecule has 0 aliphatic heterocycles. The number of fused-ring (bicyclic) bond motifs is 1. The van der Waals surface area contributed by atoms with E-state index in [4.69, 9.17) is 0 Å². The highest BCUT2D eigenvalue weighted by atomic mass is 19.2. The first-order chi connectivity index (χ1) is 9.08. The zero-order valence-corrected chi connectivity index (χ0v) is 10.1. The summed E-state index contributed by atoms with van der Waals surface area (Å²) < 4.78 is 28.3. The number of aromatic amines is 1. The molecule has 0 amide bonds. The second-order valence-corrected chi connectivity index (χ2v) is 4.36. The van der Waals surface area contributed by atoms with Crippen molar-refractivity contribution in [3.8, 4) is 5.69 Å². The zero-order chi connectivity index (χ0) is 13.6. The first-order valence-corrected chi connectivity index (χ1v) is 5.73. The van der Waals surface area contributed by atoms with E-state index in [1.54, 1.807) is 24.3 Å². The van der Waals surface area contributed by atoms with E-state index in [1.807, 2.05) is 6.92 Å². The lowest BCUT2D eigenvalue weighted by Crippen LogP contribution is -2.15. The molecule has 0 saturated carbocycles. The van der Waals surface area contributed by atoms with Crippen LogP contribution in [0.2, 0.25) is 0 Å². The monoisotopic (exact) mass is 260 g/mol. The van der Waals surface area contributed by atoms with Gasteiger partial charge in [0.15, 0.2) is 11.6 Å². The number of halogens is 2. The van der Waals surface area contributed by atoms with Gasteiger partial charge in [-0.3, -0.25) is 4.57 Å². The molecule has 3 rings (SSSR count). The Morgan fingerprint density at radius 2 is 1.74 bits per heavy atom. The first-order valence-electron chi connectivity index (χ1n) is 5.73. The SMILES string of the molecule is Cc1ccc(-n2c(=O)[nH]c3ccc(F)c(F)c32)cc1. The minimum Gasteiger partial charge on any atom is -0.305 e. The molecule has 0 saturated heterocycles. The second-order valence-electron chi connectivity index (χ2n) is 4.36. The molecule has 0 fully saturated rings. The molecule has 3 nitrogen and oxygen atoms in total. The van der Waals surface area contributed by atoms with Gasteiger partial charge >= 0.3 is 5.69 Å². The van der Waals surface area contributed by atoms with Crippen LogP contribution in [0, 0.1) is 18.6 Å². The summed E-state index contributed by atoms with van der Waals surface area (Å²) in [4.78, 5) is 14.4. The van der Waals surface area contributed by atoms with E-state index in [0.717, 1.165) is 16.2 Å². The fraction of sp³-hybridized carbons (Fsp3) is 0.0714. The minimum absolute atomic E-state index is 0.0751. The molecule has 0 spiro atoms. The Labute approximate surface area is 107 Å². The highest BCUT2D eigenvalue weighted by Crippen LogP contribution is 2.21. The van der Waals surface area contributed by atoms with Gasteiger partial charge in [-0.1, -0.05) is 17.7 Å². The summed E-state index contributed by atoms with van der Waals surface area (Å²) in [6.07, 6.45) is 0. The molecule has 3 aromatic rings. The predicted molar refractivity (Wildman–Crippen MR) is 68.5 cm³/mol. The van der Waals surface area contributed by atoms with E-state index in [-0.39, 0.29) is 11.0 Å². The Morgan fingerprint density at radius 1 is 1.05 bits per heavy atom. The molecule has 0 radical (unpaired) electrons. The maximum Gasteiger partial charge on any atom is 0.331 e. The zero-order valence-electron chi connectivity index (χ0n) is 10.1. The van der Waals surface area contributed by atoms with Crippen LogP contribution in [0.25, 0.3) is 16.7 Å². The summed E-state index contributed by atoms with van der Waals surface area (Å²) in [7, 11) is 0. The van der Waals surface area contributed by atoms with Crippen LogP contribution in [0.1, 0.15) is 5.56 Å². The maximum absolute atomic E-state index is 13.9. The maximum atomic E-state index is 13.9. The largest absolute Gasteiger partial charge is 0.331 e. The fourth-order valence-electron chi connectivity index (χ4n) is 2.07. The van der Waals surface area contributed by atoms with Crippen LogP contribution in [0.15, 0.2) is 41.2 Å². The Kier molecular flexibility index (Phi) is 2.48. The summed E-state index contributed by atoms with van der Waals surface area (Å²) in [6.45, 7) is 1.90. The number of nitrogens with zero attached hydrogens (tertiary/aromatic N) is 1. The van der Waals surface area contributed by atoms with E-state index in [9.17, 15) is 13.6 Å². The van der Waals surface area contributed by atoms with Gasteiger partial charge < -0.3 is 4.98 Å². The van der Waals surface area contributed by atoms with Gasteiger partial charge in [0.25, 0.3) is 0 Å². The third kappa shape index (κ3) is 1.74. The van der Waals surface area contributed by atoms with Crippen molar-refractivity contribution in [2.24, 2.45) is 0 Å². The number of hydrogen-bond donors (Lipinski definition) is 1. The van der Waals surface area contributed by atoms with Crippen molar-refractivity contribution in [3.63, 3.8) is 0 Å². The minimum atomic E-state index is -1.03. The molecule has 5 heteroatoms. The average molecular weight is 260 g/mol. The molecule has 0 unspecified atom stereocenters. The molecular formula is C14H10F2N2O. The van der Waals surface area contributed by atoms with Gasteiger partial charge in [-0.2, -0.15) is 0 Å². The number of hydrogen-bond acceptors (Lipinski definition) is 1. The highest BCUT2D eigenvalue weighted by Gasteiger charge is 2.15. The van der Waals surface area contributed by atoms with E-state index in [0.29, 0.717) is 5.69 Å². The number of aromatic nitrogens is 2. The second kappa shape index (κ2) is 4.05. The first kappa shape index (κ1) is 11.6. The Hall–Kier alpha value is -2.43. The smallest absolute Gasteiger partial charge is 0.305 e. The number of rotatable bonds is 1. The third-order valence-electron chi connectivity index (χ3n) is 3.03. The van der Waals surface area contributed by atoms with Gasteiger partial charge in [0.1, 0.15) is 5.52 Å². The van der Waals surface area contributed by atoms with E-state index >= 15 is 0 Å². The van der Waals surface area contributed by atoms with Crippen molar-refractivity contribution < 1.29 is 8.78 Å². The Morgan fingerprint density at radius 3 is 2.42 bits per heavy atom. The van der Waals surface area contributed by atoms with E-state index in [2.05, 4.69) is 4.98 Å². The molecule has 1 aromatic heterocycles. The number of imidazole rings is 1. The lowest BCUT2D eigenvalue weighted by molar-refractivity contribution is 0.514. The Balaban J connectivity index is 2.40. The summed E-state index contributed by atoms with van der Waals surface area (Å²) in [5, 5.41) is 0. The van der Waals surface area contributed by atoms with Crippen molar-refractivity contribution in [2.45, 2.75) is 6.92 Å². The summed E-state index contributed by atoms with van der Waals surface area (Å²) in [5.74, 6) is -2.01. The Bertz CT molecular complexity index is 816. The summed E-state index contributed by atoms with van der Waals surface area (Å²) in [5.41, 5.74) is 1.20. The van der Waals surface area contributed by atoms with Crippen molar-refractivity contribution in [1.29, 1.82) is 0 Å². The normalized spacial score (nSPS) is 11.1. The van der Waals surface area contributed by atoms with Crippen molar-refractivity contribution >= 4 is 11.0 Å². The molecule has 0 atom stereocenters. The molecule has 2 aromatic carbocycles. The van der Waals surface area contributed by atoms with Crippen LogP contribution in [-0.4, -0.2) is 9.55 Å². The van der Waals surface area contributed by atoms with Gasteiger partial charge in [-0.15, -0.1) is 0 Å². The standard InChI is InChI=1S/C14H10F2N2O/c1-8-2-4-9(5-3-8)18-13-11(17-14(18)19)7-6-10(15)12(13)16/h2-7H,1H3,(H,17,19). The molecule has 0 aliphatic carbocycles. The van der Waals surface area contributed by atoms with E-state index in [1.165, 1.54) is 6.07 Å². The molecule has 0 bridgehead atoms. The quantitative estimate of drug-likeness (QED) is 0.717. The van der Waals surface area contributed by atoms with Crippen LogP contribution in [0.5, 0.6) is 0 Å². The van der Waals surface area contributed by atoms with Crippen molar-refractivity contribution in [2.75, 3.05) is 0 Å². The molecule has 1 heterocycles. The molecule has 96 valence electrons. The van der Waals surface area contributed by atoms with Crippen molar-refractivity contribution in [3.05, 3.63) is 64.1 Å². The van der Waals surface area contributed by atoms with Gasteiger partial charge in [0.2, 0.25) is 0 Å². The van der Waals surface area contributed by atoms with Gasteiger partial charge in [-0.05, 0) is 31.2 Å². The predicted octanol–water partition coefficient (Wildman–Crippen LogP) is 2.91. The summed E-state index contributed by atoms with van der Waals surface area (Å²) >= 11 is 0. The van der Waals surface area contributed by atoms with Gasteiger partial charge in [0, 0.05) is 0 Å². The van der Waals surface area contributed by atoms with Crippen molar-refractivity contribution in [1.82, 2.24) is 9.55 Å². The van der Waals surface area contributed by atoms with Crippen LogP contribution >= 0.6 is 0 Å². The average Bonchev–Trinajstić information content (AvgIpc) is 2.72. The van der Waals surface area contributed by atoms with Crippen LogP contribution in [-0.2, 0) is 0 Å². The summed E-state index contributed by atoms with van der Waals surface area (Å²) in [6, 6.07) is 9.32. The molecule has 1 N–H and O–H groups in total. The topological polar surface area (TPSA) is 37.8 Å². The van der Waals surface area contributed by atoms with Gasteiger partial charge in [-0.25, -0.2) is 13.6 Å². The number of aryl methyl sites for hydroxylation is 1. The fourth-order valence-corrected chi connectivity index (χ4v) is 2.07. The molecular weight excluding hydrogens is 250 g/mol. The molecule has 19 heavy (non-hydrogen) atoms. The van der Waals surface area contributed by atoms with Crippen LogP contribution in [0.4, 0.5) is 8.78 Å². The van der Waals surface area contributed by atoms with E-state index < -0.39 is 17.3 Å². The number of nitrogens with one attached hydrogen (secondary N) is 1. The number of H-pyrrole nitrogens is 1. The highest BCUT2D eigenvalue weighted by molar-refractivity contribution is 5.78. The lowest BCUT2D eigenvalue weighted by atomic mass is 10.2. The molecule has 0 aliphatic rings. The van der Waals surface area contributed by atoms with Crippen LogP contribution < -0.4 is 5.69 Å². The van der Waals surface area contributed by atoms with Gasteiger partial charge in [0.05, 0.1) is 11.2 Å². The third-order valence-corrected chi connectivity index (χ3v) is 3.03.